The van der Waals surface area contributed by atoms with Crippen LogP contribution in [0, 0.1) is 5.92 Å². The van der Waals surface area contributed by atoms with Gasteiger partial charge in [-0.1, -0.05) is 170 Å². The Morgan fingerprint density at radius 3 is 2.00 bits per heavy atom. The first kappa shape index (κ1) is 32.5. The maximum absolute atomic E-state index is 6.79. The molecule has 0 saturated carbocycles. The van der Waals surface area contributed by atoms with E-state index in [2.05, 4.69) is 193 Å². The molecular weight excluding hydrogens is 719 g/mol. The first-order valence-corrected chi connectivity index (χ1v) is 20.4. The van der Waals surface area contributed by atoms with Crippen molar-refractivity contribution in [2.45, 2.75) is 11.3 Å². The van der Waals surface area contributed by atoms with E-state index in [-0.39, 0.29) is 11.8 Å². The van der Waals surface area contributed by atoms with Crippen LogP contribution < -0.4 is 0 Å². The normalized spacial score (nSPS) is 16.8. The molecule has 3 heterocycles. The number of aromatic nitrogens is 3. The molecule has 4 heteroatoms. The number of furan rings is 1. The lowest BCUT2D eigenvalue weighted by Crippen LogP contribution is -2.35. The summed E-state index contributed by atoms with van der Waals surface area (Å²) in [6.07, 6.45) is 9.23. The van der Waals surface area contributed by atoms with Crippen LogP contribution in [0.3, 0.4) is 0 Å². The number of fused-ring (bicyclic) bond motifs is 12. The predicted octanol–water partition coefficient (Wildman–Crippen LogP) is 13.6. The van der Waals surface area contributed by atoms with Crippen LogP contribution in [0.2, 0.25) is 0 Å². The smallest absolute Gasteiger partial charge is 0.236 e. The topological polar surface area (TPSA) is 43.9 Å². The third-order valence-electron chi connectivity index (χ3n) is 13.1. The molecule has 59 heavy (non-hydrogen) atoms. The van der Waals surface area contributed by atoms with Crippen LogP contribution in [0.5, 0.6) is 0 Å². The highest BCUT2D eigenvalue weighted by Crippen LogP contribution is 2.60. The summed E-state index contributed by atoms with van der Waals surface area (Å²) in [5.74, 6) is 1.02. The van der Waals surface area contributed by atoms with E-state index < -0.39 is 5.41 Å². The van der Waals surface area contributed by atoms with Crippen molar-refractivity contribution in [2.75, 3.05) is 0 Å². The van der Waals surface area contributed by atoms with Crippen LogP contribution in [0.4, 0.5) is 0 Å². The van der Waals surface area contributed by atoms with Crippen LogP contribution in [0.1, 0.15) is 28.2 Å². The van der Waals surface area contributed by atoms with Crippen LogP contribution in [0.25, 0.3) is 82.6 Å². The number of nitrogens with zero attached hydrogens (tertiary/aromatic N) is 3. The predicted molar refractivity (Wildman–Crippen MR) is 241 cm³/mol. The van der Waals surface area contributed by atoms with E-state index in [1.165, 1.54) is 49.2 Å². The van der Waals surface area contributed by atoms with E-state index in [0.29, 0.717) is 11.5 Å². The molecule has 0 spiro atoms. The largest absolute Gasteiger partial charge is 0.452 e. The van der Waals surface area contributed by atoms with Crippen molar-refractivity contribution in [1.82, 2.24) is 14.5 Å². The van der Waals surface area contributed by atoms with Crippen molar-refractivity contribution in [3.05, 3.63) is 222 Å². The molecular formula is C55H35N3O. The van der Waals surface area contributed by atoms with Gasteiger partial charge in [0.1, 0.15) is 16.8 Å². The highest BCUT2D eigenvalue weighted by Gasteiger charge is 2.53. The summed E-state index contributed by atoms with van der Waals surface area (Å²) < 4.78 is 9.08. The number of allylic oxidation sites excluding steroid dienone is 4. The fourth-order valence-corrected chi connectivity index (χ4v) is 10.6. The minimum absolute atomic E-state index is 0.190. The molecule has 0 fully saturated rings. The van der Waals surface area contributed by atoms with Gasteiger partial charge in [-0.2, -0.15) is 0 Å². The molecule has 11 aromatic rings. The number of benzene rings is 8. The summed E-state index contributed by atoms with van der Waals surface area (Å²) in [4.78, 5) is 11.1. The molecule has 0 aliphatic heterocycles. The van der Waals surface area contributed by atoms with E-state index in [1.54, 1.807) is 0 Å². The fraction of sp³-hybridized carbons (Fsp3) is 0.0545. The molecule has 0 amide bonds. The minimum atomic E-state index is -0.435. The summed E-state index contributed by atoms with van der Waals surface area (Å²) in [6, 6.07) is 63.7. The molecule has 2 aliphatic carbocycles. The van der Waals surface area contributed by atoms with Gasteiger partial charge in [-0.25, -0.2) is 9.97 Å². The average Bonchev–Trinajstić information content (AvgIpc) is 3.94. The van der Waals surface area contributed by atoms with Crippen molar-refractivity contribution in [3.8, 4) is 17.2 Å². The summed E-state index contributed by atoms with van der Waals surface area (Å²) in [5, 5.41) is 8.01. The molecule has 0 radical (unpaired) electrons. The lowest BCUT2D eigenvalue weighted by atomic mass is 9.63. The Kier molecular flexibility index (Phi) is 6.74. The lowest BCUT2D eigenvalue weighted by Gasteiger charge is -2.39. The minimum Gasteiger partial charge on any atom is -0.452 e. The zero-order valence-corrected chi connectivity index (χ0v) is 32.0. The third-order valence-corrected chi connectivity index (χ3v) is 13.1. The maximum Gasteiger partial charge on any atom is 0.236 e. The molecule has 0 saturated heterocycles. The molecule has 0 bridgehead atoms. The Hall–Kier alpha value is -7.56. The molecule has 0 N–H and O–H groups in total. The third kappa shape index (κ3) is 4.49. The second-order valence-corrected chi connectivity index (χ2v) is 16.0. The van der Waals surface area contributed by atoms with Crippen molar-refractivity contribution in [3.63, 3.8) is 0 Å². The molecule has 3 aromatic heterocycles. The Balaban J connectivity index is 1.15. The summed E-state index contributed by atoms with van der Waals surface area (Å²) >= 11 is 0. The van der Waals surface area contributed by atoms with E-state index in [9.17, 15) is 0 Å². The number of hydrogen-bond acceptors (Lipinski definition) is 3. The maximum atomic E-state index is 6.79. The van der Waals surface area contributed by atoms with E-state index in [0.717, 1.165) is 44.2 Å². The zero-order chi connectivity index (χ0) is 38.7. The summed E-state index contributed by atoms with van der Waals surface area (Å²) in [6.45, 7) is 0. The van der Waals surface area contributed by atoms with Gasteiger partial charge in [0.05, 0.1) is 16.4 Å². The van der Waals surface area contributed by atoms with Gasteiger partial charge >= 0.3 is 0 Å². The molecule has 8 aromatic carbocycles. The lowest BCUT2D eigenvalue weighted by molar-refractivity contribution is 0.457. The van der Waals surface area contributed by atoms with Gasteiger partial charge in [0.15, 0.2) is 5.58 Å². The SMILES string of the molecule is C1=CC2c3ccc(-c4nc(-n5c6cc7ccccc7cc6c6ccc7ccccc7c65)nc5c4oc4ccccc45)cc3C(c3ccccc3)(c3ccccc3)C2C=C1. The highest BCUT2D eigenvalue weighted by atomic mass is 16.3. The Morgan fingerprint density at radius 1 is 0.525 bits per heavy atom. The molecule has 4 nitrogen and oxygen atoms in total. The molecule has 2 unspecified atom stereocenters. The molecule has 2 aliphatic rings. The van der Waals surface area contributed by atoms with Crippen molar-refractivity contribution < 1.29 is 4.42 Å². The van der Waals surface area contributed by atoms with Gasteiger partial charge in [0, 0.05) is 38.9 Å². The quantitative estimate of drug-likeness (QED) is 0.180. The Labute approximate surface area is 340 Å². The van der Waals surface area contributed by atoms with Gasteiger partial charge in [-0.05, 0) is 68.7 Å². The number of rotatable bonds is 4. The van der Waals surface area contributed by atoms with E-state index >= 15 is 0 Å². The Bertz CT molecular complexity index is 3530. The van der Waals surface area contributed by atoms with Gasteiger partial charge in [0.2, 0.25) is 5.95 Å². The zero-order valence-electron chi connectivity index (χ0n) is 32.0. The molecule has 2 atom stereocenters. The van der Waals surface area contributed by atoms with Crippen molar-refractivity contribution >= 4 is 65.4 Å². The van der Waals surface area contributed by atoms with Gasteiger partial charge in [-0.3, -0.25) is 4.57 Å². The Morgan fingerprint density at radius 2 is 1.20 bits per heavy atom. The molecule has 276 valence electrons. The first-order valence-electron chi connectivity index (χ1n) is 20.4. The monoisotopic (exact) mass is 753 g/mol. The van der Waals surface area contributed by atoms with Crippen LogP contribution in [-0.4, -0.2) is 14.5 Å². The highest BCUT2D eigenvalue weighted by molar-refractivity contribution is 6.20. The summed E-state index contributed by atoms with van der Waals surface area (Å²) in [7, 11) is 0. The number of para-hydroxylation sites is 1. The van der Waals surface area contributed by atoms with E-state index in [4.69, 9.17) is 14.4 Å². The first-order chi connectivity index (χ1) is 29.3. The van der Waals surface area contributed by atoms with Gasteiger partial charge < -0.3 is 4.42 Å². The van der Waals surface area contributed by atoms with Gasteiger partial charge in [-0.15, -0.1) is 0 Å². The van der Waals surface area contributed by atoms with Crippen LogP contribution in [0.15, 0.2) is 205 Å². The van der Waals surface area contributed by atoms with Crippen LogP contribution in [-0.2, 0) is 5.41 Å². The van der Waals surface area contributed by atoms with Crippen molar-refractivity contribution in [2.24, 2.45) is 5.92 Å². The van der Waals surface area contributed by atoms with Crippen molar-refractivity contribution in [1.29, 1.82) is 0 Å². The van der Waals surface area contributed by atoms with Gasteiger partial charge in [0.25, 0.3) is 0 Å². The van der Waals surface area contributed by atoms with Crippen LogP contribution >= 0.6 is 0 Å². The second-order valence-electron chi connectivity index (χ2n) is 16.0. The summed E-state index contributed by atoms with van der Waals surface area (Å²) in [5.41, 5.74) is 10.9. The second kappa shape index (κ2) is 12.2. The molecule has 13 rings (SSSR count). The average molecular weight is 754 g/mol. The standard InChI is InChI=1S/C55H35N3O/c1-3-18-38(19-4-1)55(39-20-5-2-6-21-39)46-25-13-11-23-41(46)42-29-28-37(32-47(42)55)50-53-51(44-24-12-14-26-49(44)59-53)57-54(56-50)58-48-33-36-17-8-7-16-35(36)31-45(48)43-30-27-34-15-9-10-22-40(34)52(43)58/h1-33,41,46H. The number of hydrogen-bond donors (Lipinski definition) is 0. The fourth-order valence-electron chi connectivity index (χ4n) is 10.6. The van der Waals surface area contributed by atoms with E-state index in [1.807, 2.05) is 12.1 Å².